The molecular weight excluding hydrogens is 500 g/mol. The molecule has 0 aliphatic carbocycles. The number of phenols is 1. The van der Waals surface area contributed by atoms with Crippen LogP contribution >= 0.6 is 11.6 Å². The number of carbonyl (C=O) groups is 1. The van der Waals surface area contributed by atoms with Gasteiger partial charge in [-0.3, -0.25) is 4.90 Å². The van der Waals surface area contributed by atoms with Gasteiger partial charge in [0.15, 0.2) is 0 Å². The Balaban J connectivity index is 1.29. The van der Waals surface area contributed by atoms with Crippen molar-refractivity contribution in [3.63, 3.8) is 0 Å². The third kappa shape index (κ3) is 5.93. The Hall–Kier alpha value is -4.00. The molecule has 0 saturated carbocycles. The summed E-state index contributed by atoms with van der Waals surface area (Å²) < 4.78 is 10.9. The number of methoxy groups -OCH3 is 1. The smallest absolute Gasteiger partial charge is 0.341 e. The molecule has 0 spiro atoms. The fourth-order valence-electron chi connectivity index (χ4n) is 4.72. The first kappa shape index (κ1) is 25.6. The zero-order valence-corrected chi connectivity index (χ0v) is 21.9. The number of carbonyl (C=O) groups excluding carboxylic acids is 1. The lowest BCUT2D eigenvalue weighted by molar-refractivity contribution is 0.0598. The number of aromatic hydroxyl groups is 1. The molecule has 0 aromatic heterocycles. The first-order valence-corrected chi connectivity index (χ1v) is 12.9. The Kier molecular flexibility index (Phi) is 7.82. The van der Waals surface area contributed by atoms with Gasteiger partial charge in [0.2, 0.25) is 0 Å². The molecule has 1 saturated heterocycles. The third-order valence-electron chi connectivity index (χ3n) is 6.72. The Labute approximate surface area is 227 Å². The lowest BCUT2D eigenvalue weighted by atomic mass is 9.99. The number of benzene rings is 4. The topological polar surface area (TPSA) is 62.2 Å². The minimum absolute atomic E-state index is 0.0898. The SMILES string of the molecule is COC(=O)c1ccc(N2CCN(Cc3ccccc3-c3ccc(Cl)cc3)CC2)cc1Oc1cccc(O)c1. The summed E-state index contributed by atoms with van der Waals surface area (Å²) in [6.45, 7) is 4.34. The highest BCUT2D eigenvalue weighted by molar-refractivity contribution is 6.30. The van der Waals surface area contributed by atoms with Crippen LogP contribution < -0.4 is 9.64 Å². The van der Waals surface area contributed by atoms with Crippen LogP contribution in [0.3, 0.4) is 0 Å². The largest absolute Gasteiger partial charge is 0.508 e. The molecule has 38 heavy (non-hydrogen) atoms. The van der Waals surface area contributed by atoms with Gasteiger partial charge in [0.25, 0.3) is 0 Å². The Morgan fingerprint density at radius 1 is 0.895 bits per heavy atom. The van der Waals surface area contributed by atoms with E-state index < -0.39 is 5.97 Å². The summed E-state index contributed by atoms with van der Waals surface area (Å²) in [6.07, 6.45) is 0. The van der Waals surface area contributed by atoms with Crippen LogP contribution in [0.5, 0.6) is 17.2 Å². The number of esters is 1. The van der Waals surface area contributed by atoms with E-state index in [-0.39, 0.29) is 5.75 Å². The second kappa shape index (κ2) is 11.6. The molecule has 1 aliphatic rings. The van der Waals surface area contributed by atoms with Gasteiger partial charge in [-0.25, -0.2) is 4.79 Å². The van der Waals surface area contributed by atoms with Crippen molar-refractivity contribution in [3.8, 4) is 28.4 Å². The van der Waals surface area contributed by atoms with Crippen molar-refractivity contribution in [2.24, 2.45) is 0 Å². The van der Waals surface area contributed by atoms with Crippen LogP contribution in [0.1, 0.15) is 15.9 Å². The van der Waals surface area contributed by atoms with Crippen molar-refractivity contribution in [1.82, 2.24) is 4.90 Å². The number of anilines is 1. The minimum atomic E-state index is -0.476. The molecular formula is C31H29ClN2O4. The summed E-state index contributed by atoms with van der Waals surface area (Å²) >= 11 is 6.09. The highest BCUT2D eigenvalue weighted by Crippen LogP contribution is 2.33. The number of halogens is 1. The zero-order valence-electron chi connectivity index (χ0n) is 21.1. The van der Waals surface area contributed by atoms with Gasteiger partial charge in [0.05, 0.1) is 7.11 Å². The number of nitrogens with zero attached hydrogens (tertiary/aromatic N) is 2. The highest BCUT2D eigenvalue weighted by Gasteiger charge is 2.21. The van der Waals surface area contributed by atoms with E-state index in [1.54, 1.807) is 24.3 Å². The van der Waals surface area contributed by atoms with Crippen LogP contribution in [0.4, 0.5) is 5.69 Å². The summed E-state index contributed by atoms with van der Waals surface area (Å²) in [7, 11) is 1.35. The van der Waals surface area contributed by atoms with E-state index in [9.17, 15) is 9.90 Å². The molecule has 1 aliphatic heterocycles. The van der Waals surface area contributed by atoms with Crippen molar-refractivity contribution in [2.45, 2.75) is 6.54 Å². The number of rotatable bonds is 7. The van der Waals surface area contributed by atoms with E-state index in [1.807, 2.05) is 24.3 Å². The monoisotopic (exact) mass is 528 g/mol. The average molecular weight is 529 g/mol. The van der Waals surface area contributed by atoms with Crippen molar-refractivity contribution < 1.29 is 19.4 Å². The van der Waals surface area contributed by atoms with Crippen LogP contribution in [-0.4, -0.2) is 49.3 Å². The van der Waals surface area contributed by atoms with Crippen LogP contribution in [0.25, 0.3) is 11.1 Å². The van der Waals surface area contributed by atoms with E-state index in [4.69, 9.17) is 21.1 Å². The molecule has 6 nitrogen and oxygen atoms in total. The summed E-state index contributed by atoms with van der Waals surface area (Å²) in [5.74, 6) is 0.443. The number of piperazine rings is 1. The van der Waals surface area contributed by atoms with Crippen LogP contribution in [0.15, 0.2) is 91.0 Å². The minimum Gasteiger partial charge on any atom is -0.508 e. The molecule has 0 amide bonds. The fourth-order valence-corrected chi connectivity index (χ4v) is 4.85. The van der Waals surface area contributed by atoms with E-state index in [1.165, 1.54) is 24.3 Å². The van der Waals surface area contributed by atoms with Crippen molar-refractivity contribution in [1.29, 1.82) is 0 Å². The number of hydrogen-bond acceptors (Lipinski definition) is 6. The number of phenolic OH excluding ortho intramolecular Hbond substituents is 1. The van der Waals surface area contributed by atoms with Crippen LogP contribution in [0.2, 0.25) is 5.02 Å². The second-order valence-electron chi connectivity index (χ2n) is 9.20. The second-order valence-corrected chi connectivity index (χ2v) is 9.64. The molecule has 0 atom stereocenters. The Bertz CT molecular complexity index is 1420. The van der Waals surface area contributed by atoms with Gasteiger partial charge in [-0.05, 0) is 53.1 Å². The average Bonchev–Trinajstić information content (AvgIpc) is 2.94. The van der Waals surface area contributed by atoms with Gasteiger partial charge in [0.1, 0.15) is 22.8 Å². The van der Waals surface area contributed by atoms with Gasteiger partial charge in [-0.15, -0.1) is 0 Å². The van der Waals surface area contributed by atoms with E-state index in [0.29, 0.717) is 17.1 Å². The van der Waals surface area contributed by atoms with E-state index in [2.05, 4.69) is 46.2 Å². The van der Waals surface area contributed by atoms with Gasteiger partial charge >= 0.3 is 5.97 Å². The van der Waals surface area contributed by atoms with Gasteiger partial charge in [0, 0.05) is 55.6 Å². The molecule has 0 unspecified atom stereocenters. The molecule has 7 heteroatoms. The quantitative estimate of drug-likeness (QED) is 0.272. The lowest BCUT2D eigenvalue weighted by Gasteiger charge is -2.36. The third-order valence-corrected chi connectivity index (χ3v) is 6.97. The molecule has 4 aromatic rings. The summed E-state index contributed by atoms with van der Waals surface area (Å²) in [5.41, 5.74) is 4.96. The standard InChI is InChI=1S/C31H29ClN2O4/c1-37-31(36)29-14-13-25(19-30(29)38-27-7-4-6-26(35)20-27)34-17-15-33(16-18-34)21-23-5-2-3-8-28(23)22-9-11-24(32)12-10-22/h2-14,19-20,35H,15-18,21H2,1H3. The normalized spacial score (nSPS) is 13.8. The van der Waals surface area contributed by atoms with Crippen LogP contribution in [0, 0.1) is 0 Å². The van der Waals surface area contributed by atoms with Gasteiger partial charge in [-0.1, -0.05) is 54.1 Å². The lowest BCUT2D eigenvalue weighted by Crippen LogP contribution is -2.46. The summed E-state index contributed by atoms with van der Waals surface area (Å²) in [5, 5.41) is 10.5. The highest BCUT2D eigenvalue weighted by atomic mass is 35.5. The first-order chi connectivity index (χ1) is 18.5. The molecule has 0 bridgehead atoms. The van der Waals surface area contributed by atoms with Gasteiger partial charge in [-0.2, -0.15) is 0 Å². The molecule has 5 rings (SSSR count). The Morgan fingerprint density at radius 3 is 2.39 bits per heavy atom. The van der Waals surface area contributed by atoms with Crippen LogP contribution in [-0.2, 0) is 11.3 Å². The van der Waals surface area contributed by atoms with Crippen molar-refractivity contribution >= 4 is 23.3 Å². The molecule has 1 fully saturated rings. The molecule has 1 heterocycles. The van der Waals surface area contributed by atoms with Crippen molar-refractivity contribution in [2.75, 3.05) is 38.2 Å². The van der Waals surface area contributed by atoms with Crippen molar-refractivity contribution in [3.05, 3.63) is 107 Å². The predicted molar refractivity (Wildman–Crippen MR) is 150 cm³/mol. The predicted octanol–water partition coefficient (Wildman–Crippen LogP) is 6.61. The maximum absolute atomic E-state index is 12.4. The molecule has 4 aromatic carbocycles. The zero-order chi connectivity index (χ0) is 26.5. The molecule has 194 valence electrons. The first-order valence-electron chi connectivity index (χ1n) is 12.5. The maximum Gasteiger partial charge on any atom is 0.341 e. The van der Waals surface area contributed by atoms with Gasteiger partial charge < -0.3 is 19.5 Å². The Morgan fingerprint density at radius 2 is 1.66 bits per heavy atom. The number of ether oxygens (including phenoxy) is 2. The maximum atomic E-state index is 12.4. The van der Waals surface area contributed by atoms with E-state index >= 15 is 0 Å². The summed E-state index contributed by atoms with van der Waals surface area (Å²) in [6, 6.07) is 28.5. The fraction of sp³-hybridized carbons (Fsp3) is 0.194. The number of hydrogen-bond donors (Lipinski definition) is 1. The van der Waals surface area contributed by atoms with E-state index in [0.717, 1.165) is 49.0 Å². The molecule has 1 N–H and O–H groups in total. The molecule has 0 radical (unpaired) electrons. The summed E-state index contributed by atoms with van der Waals surface area (Å²) in [4.78, 5) is 17.1.